The number of ether oxygens (including phenoxy) is 1. The van der Waals surface area contributed by atoms with E-state index in [0.717, 1.165) is 12.0 Å². The largest absolute Gasteiger partial charge is 0.453 e. The Kier molecular flexibility index (Phi) is 4.56. The highest BCUT2D eigenvalue weighted by Gasteiger charge is 2.15. The molecule has 0 aliphatic heterocycles. The number of nitrogens with one attached hydrogen (secondary N) is 1. The number of amides is 1. The Morgan fingerprint density at radius 1 is 1.05 bits per heavy atom. The minimum atomic E-state index is -0.412. The third kappa shape index (κ3) is 3.85. The number of alkyl carbamates (subject to hydrolysis) is 1. The predicted octanol–water partition coefficient (Wildman–Crippen LogP) is 3.33. The summed E-state index contributed by atoms with van der Waals surface area (Å²) < 4.78 is 4.69. The maximum absolute atomic E-state index is 11.5. The van der Waals surface area contributed by atoms with E-state index < -0.39 is 6.09 Å². The molecule has 2 rings (SSSR count). The van der Waals surface area contributed by atoms with Gasteiger partial charge in [0.05, 0.1) is 13.2 Å². The summed E-state index contributed by atoms with van der Waals surface area (Å²) in [7, 11) is 1.37. The number of rotatable bonds is 4. The lowest BCUT2D eigenvalue weighted by Gasteiger charge is -2.18. The molecular formula is C16H17NO2. The Bertz CT molecular complexity index is 511. The molecule has 1 N–H and O–H groups in total. The van der Waals surface area contributed by atoms with Gasteiger partial charge in [-0.2, -0.15) is 0 Å². The van der Waals surface area contributed by atoms with E-state index in [-0.39, 0.29) is 6.04 Å². The van der Waals surface area contributed by atoms with Crippen molar-refractivity contribution in [3.63, 3.8) is 0 Å². The van der Waals surface area contributed by atoms with Crippen LogP contribution in [0.3, 0.4) is 0 Å². The van der Waals surface area contributed by atoms with Gasteiger partial charge in [-0.3, -0.25) is 0 Å². The molecule has 19 heavy (non-hydrogen) atoms. The van der Waals surface area contributed by atoms with Crippen LogP contribution in [0.2, 0.25) is 0 Å². The highest BCUT2D eigenvalue weighted by Crippen LogP contribution is 2.18. The molecule has 0 bridgehead atoms. The van der Waals surface area contributed by atoms with E-state index >= 15 is 0 Å². The minimum Gasteiger partial charge on any atom is -0.453 e. The molecule has 0 aliphatic rings. The van der Waals surface area contributed by atoms with Crippen molar-refractivity contribution >= 4 is 6.09 Å². The van der Waals surface area contributed by atoms with Crippen LogP contribution in [0.5, 0.6) is 0 Å². The van der Waals surface area contributed by atoms with E-state index in [1.54, 1.807) is 0 Å². The van der Waals surface area contributed by atoms with Crippen LogP contribution in [-0.2, 0) is 11.2 Å². The summed E-state index contributed by atoms with van der Waals surface area (Å²) in [6.45, 7) is 0. The van der Waals surface area contributed by atoms with Crippen LogP contribution in [-0.4, -0.2) is 13.2 Å². The summed E-state index contributed by atoms with van der Waals surface area (Å²) >= 11 is 0. The molecule has 3 heteroatoms. The molecule has 2 aromatic carbocycles. The van der Waals surface area contributed by atoms with E-state index in [4.69, 9.17) is 0 Å². The van der Waals surface area contributed by atoms with E-state index in [2.05, 4.69) is 22.2 Å². The Morgan fingerprint density at radius 3 is 2.21 bits per heavy atom. The van der Waals surface area contributed by atoms with Gasteiger partial charge in [0.15, 0.2) is 0 Å². The first-order valence-corrected chi connectivity index (χ1v) is 6.23. The second-order valence-electron chi connectivity index (χ2n) is 4.29. The molecule has 0 aliphatic carbocycles. The molecule has 1 amide bonds. The van der Waals surface area contributed by atoms with Crippen LogP contribution in [0, 0.1) is 0 Å². The molecule has 0 saturated carbocycles. The van der Waals surface area contributed by atoms with Gasteiger partial charge in [0, 0.05) is 0 Å². The van der Waals surface area contributed by atoms with Crippen molar-refractivity contribution in [2.45, 2.75) is 12.5 Å². The molecule has 0 radical (unpaired) electrons. The molecule has 1 atom stereocenters. The van der Waals surface area contributed by atoms with Crippen molar-refractivity contribution < 1.29 is 9.53 Å². The second-order valence-corrected chi connectivity index (χ2v) is 4.29. The van der Waals surface area contributed by atoms with Gasteiger partial charge in [0.2, 0.25) is 0 Å². The van der Waals surface area contributed by atoms with Crippen LogP contribution in [0.1, 0.15) is 17.2 Å². The zero-order valence-corrected chi connectivity index (χ0v) is 10.9. The molecule has 1 unspecified atom stereocenters. The van der Waals surface area contributed by atoms with E-state index in [9.17, 15) is 4.79 Å². The topological polar surface area (TPSA) is 38.3 Å². The van der Waals surface area contributed by atoms with Crippen molar-refractivity contribution in [2.24, 2.45) is 0 Å². The summed E-state index contributed by atoms with van der Waals surface area (Å²) in [5, 5.41) is 2.87. The Morgan fingerprint density at radius 2 is 1.63 bits per heavy atom. The lowest BCUT2D eigenvalue weighted by molar-refractivity contribution is 0.166. The first-order valence-electron chi connectivity index (χ1n) is 6.23. The number of hydrogen-bond donors (Lipinski definition) is 1. The predicted molar refractivity (Wildman–Crippen MR) is 74.9 cm³/mol. The van der Waals surface area contributed by atoms with Gasteiger partial charge in [-0.15, -0.1) is 0 Å². The normalized spacial score (nSPS) is 11.6. The SMILES string of the molecule is COC(=O)NC(Cc1ccccc1)c1ccccc1. The number of carbonyl (C=O) groups is 1. The standard InChI is InChI=1S/C16H17NO2/c1-19-16(18)17-15(14-10-6-3-7-11-14)12-13-8-4-2-5-9-13/h2-11,15H,12H2,1H3,(H,17,18). The monoisotopic (exact) mass is 255 g/mol. The van der Waals surface area contributed by atoms with Gasteiger partial charge >= 0.3 is 6.09 Å². The van der Waals surface area contributed by atoms with Gasteiger partial charge in [0.25, 0.3) is 0 Å². The van der Waals surface area contributed by atoms with Crippen LogP contribution >= 0.6 is 0 Å². The molecule has 98 valence electrons. The van der Waals surface area contributed by atoms with E-state index in [1.165, 1.54) is 12.7 Å². The molecular weight excluding hydrogens is 238 g/mol. The summed E-state index contributed by atoms with van der Waals surface area (Å²) in [5.41, 5.74) is 2.24. The first kappa shape index (κ1) is 13.1. The molecule has 0 aromatic heterocycles. The fraction of sp³-hybridized carbons (Fsp3) is 0.188. The zero-order chi connectivity index (χ0) is 13.5. The summed E-state index contributed by atoms with van der Waals surface area (Å²) in [6, 6.07) is 19.9. The van der Waals surface area contributed by atoms with Crippen LogP contribution in [0.15, 0.2) is 60.7 Å². The second kappa shape index (κ2) is 6.59. The minimum absolute atomic E-state index is 0.0870. The maximum Gasteiger partial charge on any atom is 0.407 e. The quantitative estimate of drug-likeness (QED) is 0.910. The van der Waals surface area contributed by atoms with Gasteiger partial charge < -0.3 is 10.1 Å². The number of hydrogen-bond acceptors (Lipinski definition) is 2. The zero-order valence-electron chi connectivity index (χ0n) is 10.9. The van der Waals surface area contributed by atoms with Crippen molar-refractivity contribution in [1.29, 1.82) is 0 Å². The third-order valence-electron chi connectivity index (χ3n) is 2.96. The van der Waals surface area contributed by atoms with Crippen molar-refractivity contribution in [1.82, 2.24) is 5.32 Å². The fourth-order valence-electron chi connectivity index (χ4n) is 1.99. The molecule has 2 aromatic rings. The smallest absolute Gasteiger partial charge is 0.407 e. The van der Waals surface area contributed by atoms with Crippen LogP contribution < -0.4 is 5.32 Å². The summed E-state index contributed by atoms with van der Waals surface area (Å²) in [5.74, 6) is 0. The summed E-state index contributed by atoms with van der Waals surface area (Å²) in [6.07, 6.45) is 0.324. The lowest BCUT2D eigenvalue weighted by atomic mass is 9.99. The van der Waals surface area contributed by atoms with Gasteiger partial charge in [0.1, 0.15) is 0 Å². The van der Waals surface area contributed by atoms with Gasteiger partial charge in [-0.05, 0) is 17.5 Å². The average Bonchev–Trinajstić information content (AvgIpc) is 2.48. The fourth-order valence-corrected chi connectivity index (χ4v) is 1.99. The maximum atomic E-state index is 11.5. The Hall–Kier alpha value is -2.29. The Balaban J connectivity index is 2.17. The number of methoxy groups -OCH3 is 1. The average molecular weight is 255 g/mol. The Labute approximate surface area is 113 Å². The molecule has 3 nitrogen and oxygen atoms in total. The van der Waals surface area contributed by atoms with Crippen molar-refractivity contribution in [3.8, 4) is 0 Å². The molecule has 0 fully saturated rings. The third-order valence-corrected chi connectivity index (χ3v) is 2.96. The van der Waals surface area contributed by atoms with Gasteiger partial charge in [-0.25, -0.2) is 4.79 Å². The molecule has 0 saturated heterocycles. The van der Waals surface area contributed by atoms with Crippen LogP contribution in [0.25, 0.3) is 0 Å². The highest BCUT2D eigenvalue weighted by atomic mass is 16.5. The van der Waals surface area contributed by atoms with Crippen molar-refractivity contribution in [3.05, 3.63) is 71.8 Å². The first-order chi connectivity index (χ1) is 9.29. The van der Waals surface area contributed by atoms with Crippen molar-refractivity contribution in [2.75, 3.05) is 7.11 Å². The highest BCUT2D eigenvalue weighted by molar-refractivity contribution is 5.67. The molecule has 0 heterocycles. The van der Waals surface area contributed by atoms with E-state index in [1.807, 2.05) is 48.5 Å². The summed E-state index contributed by atoms with van der Waals surface area (Å²) in [4.78, 5) is 11.5. The number of benzene rings is 2. The lowest BCUT2D eigenvalue weighted by Crippen LogP contribution is -2.29. The van der Waals surface area contributed by atoms with Gasteiger partial charge in [-0.1, -0.05) is 60.7 Å². The number of carbonyl (C=O) groups excluding carboxylic acids is 1. The molecule has 0 spiro atoms. The van der Waals surface area contributed by atoms with E-state index in [0.29, 0.717) is 0 Å². The van der Waals surface area contributed by atoms with Crippen LogP contribution in [0.4, 0.5) is 4.79 Å².